The Morgan fingerprint density at radius 3 is 2.95 bits per heavy atom. The van der Waals surface area contributed by atoms with Gasteiger partial charge in [-0.1, -0.05) is 56.1 Å². The van der Waals surface area contributed by atoms with Crippen molar-refractivity contribution >= 4 is 35.0 Å². The van der Waals surface area contributed by atoms with Crippen LogP contribution in [-0.2, 0) is 4.79 Å². The van der Waals surface area contributed by atoms with E-state index in [0.717, 1.165) is 39.8 Å². The van der Waals surface area contributed by atoms with Crippen molar-refractivity contribution < 1.29 is 4.79 Å². The highest BCUT2D eigenvalue weighted by molar-refractivity contribution is 8.00. The second-order valence-corrected chi connectivity index (χ2v) is 6.63. The van der Waals surface area contributed by atoms with E-state index in [1.165, 1.54) is 19.3 Å². The normalized spacial score (nSPS) is 17.4. The molecule has 1 aliphatic rings. The predicted molar refractivity (Wildman–Crippen MR) is 89.6 cm³/mol. The molecule has 1 aliphatic heterocycles. The Hall–Kier alpha value is -1.61. The van der Waals surface area contributed by atoms with Gasteiger partial charge >= 0.3 is 0 Å². The number of pyridine rings is 1. The van der Waals surface area contributed by atoms with Gasteiger partial charge in [0.25, 0.3) is 0 Å². The van der Waals surface area contributed by atoms with E-state index >= 15 is 0 Å². The molecule has 0 spiro atoms. The fraction of sp³-hybridized carbons (Fsp3) is 0.333. The first-order chi connectivity index (χ1) is 10.3. The summed E-state index contributed by atoms with van der Waals surface area (Å²) in [5.74, 6) is 0. The van der Waals surface area contributed by atoms with Crippen LogP contribution in [0.2, 0.25) is 0 Å². The molecule has 108 valence electrons. The lowest BCUT2D eigenvalue weighted by molar-refractivity contribution is -0.104. The van der Waals surface area contributed by atoms with Gasteiger partial charge in [0, 0.05) is 21.8 Å². The van der Waals surface area contributed by atoms with Crippen molar-refractivity contribution in [3.63, 3.8) is 0 Å². The number of benzene rings is 1. The van der Waals surface area contributed by atoms with E-state index in [9.17, 15) is 4.79 Å². The van der Waals surface area contributed by atoms with Crippen molar-refractivity contribution in [2.24, 2.45) is 0 Å². The Morgan fingerprint density at radius 1 is 1.29 bits per heavy atom. The van der Waals surface area contributed by atoms with E-state index in [1.807, 2.05) is 24.3 Å². The Balaban J connectivity index is 1.94. The third-order valence-corrected chi connectivity index (χ3v) is 5.21. The molecule has 0 saturated carbocycles. The predicted octanol–water partition coefficient (Wildman–Crippen LogP) is 4.87. The second-order valence-electron chi connectivity index (χ2n) is 5.44. The van der Waals surface area contributed by atoms with E-state index in [1.54, 1.807) is 11.8 Å². The standard InChI is InChI=1S/C18H19NOS/c1-2-3-4-9-17-15(12-20)11-14-10-13-7-5-6-8-16(13)19-18(14)21-17/h5-8,10-12,17H,2-4,9H2,1H3/t17-/m1/s1. The minimum atomic E-state index is 0.259. The molecule has 2 heterocycles. The summed E-state index contributed by atoms with van der Waals surface area (Å²) >= 11 is 1.74. The maximum Gasteiger partial charge on any atom is 0.147 e. The van der Waals surface area contributed by atoms with Crippen LogP contribution in [-0.4, -0.2) is 16.5 Å². The van der Waals surface area contributed by atoms with Crippen molar-refractivity contribution in [2.75, 3.05) is 0 Å². The number of rotatable bonds is 5. The lowest BCUT2D eigenvalue weighted by atomic mass is 10.0. The average molecular weight is 297 g/mol. The largest absolute Gasteiger partial charge is 0.298 e. The molecule has 0 bridgehead atoms. The lowest BCUT2D eigenvalue weighted by Crippen LogP contribution is -2.12. The zero-order valence-corrected chi connectivity index (χ0v) is 13.0. The summed E-state index contributed by atoms with van der Waals surface area (Å²) in [6, 6.07) is 10.3. The monoisotopic (exact) mass is 297 g/mol. The molecule has 1 aromatic heterocycles. The van der Waals surface area contributed by atoms with Gasteiger partial charge in [0.2, 0.25) is 0 Å². The first-order valence-electron chi connectivity index (χ1n) is 7.55. The fourth-order valence-corrected chi connectivity index (χ4v) is 3.92. The van der Waals surface area contributed by atoms with Gasteiger partial charge in [-0.25, -0.2) is 4.98 Å². The number of para-hydroxylation sites is 1. The summed E-state index contributed by atoms with van der Waals surface area (Å²) in [4.78, 5) is 16.1. The number of hydrogen-bond acceptors (Lipinski definition) is 3. The van der Waals surface area contributed by atoms with Gasteiger partial charge in [0.15, 0.2) is 0 Å². The Morgan fingerprint density at radius 2 is 2.14 bits per heavy atom. The van der Waals surface area contributed by atoms with Crippen LogP contribution >= 0.6 is 11.8 Å². The molecule has 3 heteroatoms. The summed E-state index contributed by atoms with van der Waals surface area (Å²) in [6.07, 6.45) is 7.69. The zero-order chi connectivity index (χ0) is 14.7. The van der Waals surface area contributed by atoms with Crippen LogP contribution in [0.1, 0.15) is 38.2 Å². The Bertz CT molecular complexity index is 693. The van der Waals surface area contributed by atoms with E-state index in [4.69, 9.17) is 4.98 Å². The van der Waals surface area contributed by atoms with Crippen LogP contribution < -0.4 is 0 Å². The number of thioether (sulfide) groups is 1. The summed E-state index contributed by atoms with van der Waals surface area (Å²) in [7, 11) is 0. The minimum absolute atomic E-state index is 0.259. The molecule has 0 aliphatic carbocycles. The molecule has 0 fully saturated rings. The number of carbonyl (C=O) groups is 1. The van der Waals surface area contributed by atoms with Gasteiger partial charge in [-0.3, -0.25) is 4.79 Å². The van der Waals surface area contributed by atoms with Crippen LogP contribution in [0.15, 0.2) is 40.9 Å². The van der Waals surface area contributed by atoms with Crippen molar-refractivity contribution in [3.05, 3.63) is 41.5 Å². The molecular weight excluding hydrogens is 278 g/mol. The van der Waals surface area contributed by atoms with E-state index < -0.39 is 0 Å². The summed E-state index contributed by atoms with van der Waals surface area (Å²) < 4.78 is 0. The average Bonchev–Trinajstić information content (AvgIpc) is 2.52. The molecule has 3 rings (SSSR count). The molecule has 2 nitrogen and oxygen atoms in total. The number of aromatic nitrogens is 1. The zero-order valence-electron chi connectivity index (χ0n) is 12.2. The molecule has 0 radical (unpaired) electrons. The van der Waals surface area contributed by atoms with E-state index in [0.29, 0.717) is 0 Å². The highest BCUT2D eigenvalue weighted by Gasteiger charge is 2.23. The van der Waals surface area contributed by atoms with Crippen LogP contribution in [0, 0.1) is 0 Å². The van der Waals surface area contributed by atoms with E-state index in [2.05, 4.69) is 19.1 Å². The van der Waals surface area contributed by atoms with Crippen molar-refractivity contribution in [3.8, 4) is 0 Å². The van der Waals surface area contributed by atoms with Gasteiger partial charge in [-0.2, -0.15) is 0 Å². The van der Waals surface area contributed by atoms with Crippen LogP contribution in [0.3, 0.4) is 0 Å². The molecule has 1 atom stereocenters. The smallest absolute Gasteiger partial charge is 0.147 e. The van der Waals surface area contributed by atoms with Crippen LogP contribution in [0.5, 0.6) is 0 Å². The van der Waals surface area contributed by atoms with Crippen LogP contribution in [0.4, 0.5) is 0 Å². The van der Waals surface area contributed by atoms with Gasteiger partial charge in [0.05, 0.1) is 5.52 Å². The number of nitrogens with zero attached hydrogens (tertiary/aromatic N) is 1. The first kappa shape index (κ1) is 14.3. The lowest BCUT2D eigenvalue weighted by Gasteiger charge is -2.22. The Kier molecular flexibility index (Phi) is 4.39. The summed E-state index contributed by atoms with van der Waals surface area (Å²) in [6.45, 7) is 2.20. The van der Waals surface area contributed by atoms with Crippen molar-refractivity contribution in [2.45, 2.75) is 42.9 Å². The molecule has 2 aromatic rings. The molecular formula is C18H19NOS. The SMILES string of the molecule is CCCCC[C@H]1Sc2nc3ccccc3cc2C=C1C=O. The third-order valence-electron chi connectivity index (χ3n) is 3.87. The minimum Gasteiger partial charge on any atom is -0.298 e. The molecule has 0 unspecified atom stereocenters. The van der Waals surface area contributed by atoms with Crippen molar-refractivity contribution in [1.29, 1.82) is 0 Å². The molecule has 0 saturated heterocycles. The summed E-state index contributed by atoms with van der Waals surface area (Å²) in [5, 5.41) is 2.44. The fourth-order valence-electron chi connectivity index (χ4n) is 2.70. The molecule has 21 heavy (non-hydrogen) atoms. The van der Waals surface area contributed by atoms with Gasteiger partial charge in [0.1, 0.15) is 11.3 Å². The number of fused-ring (bicyclic) bond motifs is 2. The second kappa shape index (κ2) is 6.44. The quantitative estimate of drug-likeness (QED) is 0.582. The third kappa shape index (κ3) is 3.03. The molecule has 1 aromatic carbocycles. The number of carbonyl (C=O) groups excluding carboxylic acids is 1. The maximum absolute atomic E-state index is 11.4. The van der Waals surface area contributed by atoms with Crippen LogP contribution in [0.25, 0.3) is 17.0 Å². The first-order valence-corrected chi connectivity index (χ1v) is 8.43. The number of hydrogen-bond donors (Lipinski definition) is 0. The van der Waals surface area contributed by atoms with Crippen molar-refractivity contribution in [1.82, 2.24) is 4.98 Å². The topological polar surface area (TPSA) is 30.0 Å². The Labute approximate surface area is 129 Å². The van der Waals surface area contributed by atoms with E-state index in [-0.39, 0.29) is 5.25 Å². The molecule has 0 N–H and O–H groups in total. The number of aldehydes is 1. The summed E-state index contributed by atoms with van der Waals surface area (Å²) in [5.41, 5.74) is 3.01. The highest BCUT2D eigenvalue weighted by atomic mass is 32.2. The highest BCUT2D eigenvalue weighted by Crippen LogP contribution is 2.39. The number of unbranched alkanes of at least 4 members (excludes halogenated alkanes) is 2. The van der Waals surface area contributed by atoms with Gasteiger partial charge in [-0.05, 0) is 24.6 Å². The van der Waals surface area contributed by atoms with Gasteiger partial charge < -0.3 is 0 Å². The van der Waals surface area contributed by atoms with Gasteiger partial charge in [-0.15, -0.1) is 0 Å². The maximum atomic E-state index is 11.4. The molecule has 0 amide bonds.